The maximum atomic E-state index is 12.4. The third kappa shape index (κ3) is 6.99. The van der Waals surface area contributed by atoms with E-state index in [1.165, 1.54) is 6.42 Å². The van der Waals surface area contributed by atoms with Gasteiger partial charge in [0, 0.05) is 24.5 Å². The lowest BCUT2D eigenvalue weighted by Gasteiger charge is -2.33. The number of piperazine rings is 1. The molecule has 0 amide bonds. The van der Waals surface area contributed by atoms with E-state index in [1.807, 2.05) is 38.1 Å². The predicted molar refractivity (Wildman–Crippen MR) is 109 cm³/mol. The molecule has 1 heterocycles. The average molecular weight is 385 g/mol. The van der Waals surface area contributed by atoms with Crippen molar-refractivity contribution in [2.75, 3.05) is 39.4 Å². The Kier molecular flexibility index (Phi) is 10.4. The zero-order chi connectivity index (χ0) is 19.6. The molecule has 2 atom stereocenters. The maximum Gasteiger partial charge on any atom is 0.119 e. The standard InChI is InChI=1S/C18H30N2O3S.C2H6/c1-4-10-20-11-9-19-15(12-20)13-23-16-5-7-17(8-6-16)24(22)18(2,3)14-21;1-2/h5-8,15,19,21H,4,9-14H2,1-3H3;1-2H3. The molecule has 2 N–H and O–H groups in total. The summed E-state index contributed by atoms with van der Waals surface area (Å²) in [4.78, 5) is 3.18. The van der Waals surface area contributed by atoms with E-state index >= 15 is 0 Å². The molecule has 1 aliphatic rings. The highest BCUT2D eigenvalue weighted by molar-refractivity contribution is 7.86. The first-order valence-electron chi connectivity index (χ1n) is 9.67. The molecule has 150 valence electrons. The second kappa shape index (κ2) is 11.7. The summed E-state index contributed by atoms with van der Waals surface area (Å²) < 4.78 is 17.6. The molecule has 0 aliphatic carbocycles. The van der Waals surface area contributed by atoms with Crippen LogP contribution in [-0.2, 0) is 10.8 Å². The van der Waals surface area contributed by atoms with E-state index < -0.39 is 15.5 Å². The fourth-order valence-electron chi connectivity index (χ4n) is 2.76. The van der Waals surface area contributed by atoms with Crippen LogP contribution in [0.1, 0.15) is 41.0 Å². The molecule has 26 heavy (non-hydrogen) atoms. The van der Waals surface area contributed by atoms with Crippen LogP contribution >= 0.6 is 0 Å². The normalized spacial score (nSPS) is 19.4. The van der Waals surface area contributed by atoms with Gasteiger partial charge in [0.25, 0.3) is 0 Å². The lowest BCUT2D eigenvalue weighted by molar-refractivity contribution is 0.158. The van der Waals surface area contributed by atoms with E-state index in [2.05, 4.69) is 17.1 Å². The molecule has 0 spiro atoms. The minimum atomic E-state index is -1.24. The van der Waals surface area contributed by atoms with Gasteiger partial charge in [-0.05, 0) is 51.1 Å². The summed E-state index contributed by atoms with van der Waals surface area (Å²) >= 11 is 0. The third-order valence-electron chi connectivity index (χ3n) is 4.25. The van der Waals surface area contributed by atoms with Gasteiger partial charge < -0.3 is 20.1 Å². The van der Waals surface area contributed by atoms with Crippen molar-refractivity contribution in [1.82, 2.24) is 10.2 Å². The highest BCUT2D eigenvalue weighted by Crippen LogP contribution is 2.23. The van der Waals surface area contributed by atoms with Crippen molar-refractivity contribution in [2.45, 2.75) is 56.7 Å². The number of aliphatic hydroxyl groups is 1. The van der Waals surface area contributed by atoms with E-state index in [0.29, 0.717) is 17.5 Å². The Morgan fingerprint density at radius 1 is 1.31 bits per heavy atom. The molecule has 5 nitrogen and oxygen atoms in total. The van der Waals surface area contributed by atoms with Crippen molar-refractivity contribution in [1.29, 1.82) is 0 Å². The van der Waals surface area contributed by atoms with Gasteiger partial charge >= 0.3 is 0 Å². The number of aliphatic hydroxyl groups excluding tert-OH is 1. The van der Waals surface area contributed by atoms with Gasteiger partial charge in [-0.2, -0.15) is 0 Å². The summed E-state index contributed by atoms with van der Waals surface area (Å²) in [5, 5.41) is 12.8. The molecule has 1 fully saturated rings. The summed E-state index contributed by atoms with van der Waals surface area (Å²) in [7, 11) is -1.24. The average Bonchev–Trinajstić information content (AvgIpc) is 2.68. The van der Waals surface area contributed by atoms with Gasteiger partial charge in [0.2, 0.25) is 0 Å². The minimum absolute atomic E-state index is 0.112. The zero-order valence-electron chi connectivity index (χ0n) is 17.0. The van der Waals surface area contributed by atoms with Gasteiger partial charge in [-0.1, -0.05) is 20.8 Å². The second-order valence-corrected chi connectivity index (χ2v) is 9.03. The second-order valence-electron chi connectivity index (χ2n) is 6.92. The van der Waals surface area contributed by atoms with Crippen molar-refractivity contribution >= 4 is 10.8 Å². The number of nitrogens with one attached hydrogen (secondary N) is 1. The SMILES string of the molecule is CC.CCCN1CCNC(COc2ccc(S(=O)C(C)(C)CO)cc2)C1. The monoisotopic (exact) mass is 384 g/mol. The Morgan fingerprint density at radius 2 is 1.96 bits per heavy atom. The van der Waals surface area contributed by atoms with Crippen LogP contribution in [0.2, 0.25) is 0 Å². The van der Waals surface area contributed by atoms with Crippen LogP contribution < -0.4 is 10.1 Å². The van der Waals surface area contributed by atoms with Gasteiger partial charge in [-0.15, -0.1) is 0 Å². The van der Waals surface area contributed by atoms with Crippen LogP contribution in [0.25, 0.3) is 0 Å². The molecule has 2 rings (SSSR count). The summed E-state index contributed by atoms with van der Waals surface area (Å²) in [6.45, 7) is 14.6. The Hall–Kier alpha value is -0.950. The molecule has 0 aromatic heterocycles. The lowest BCUT2D eigenvalue weighted by atomic mass is 10.2. The number of hydrogen-bond donors (Lipinski definition) is 2. The number of rotatable bonds is 8. The quantitative estimate of drug-likeness (QED) is 0.721. The van der Waals surface area contributed by atoms with Gasteiger partial charge in [0.15, 0.2) is 0 Å². The maximum absolute atomic E-state index is 12.4. The molecule has 0 bridgehead atoms. The Labute approximate surface area is 161 Å². The van der Waals surface area contributed by atoms with E-state index in [-0.39, 0.29) is 6.61 Å². The zero-order valence-corrected chi connectivity index (χ0v) is 17.8. The highest BCUT2D eigenvalue weighted by Gasteiger charge is 2.26. The predicted octanol–water partition coefficient (Wildman–Crippen LogP) is 2.65. The minimum Gasteiger partial charge on any atom is -0.492 e. The molecule has 1 aliphatic heterocycles. The van der Waals surface area contributed by atoms with Crippen molar-refractivity contribution in [2.24, 2.45) is 0 Å². The highest BCUT2D eigenvalue weighted by atomic mass is 32.2. The number of ether oxygens (including phenoxy) is 1. The van der Waals surface area contributed by atoms with Crippen molar-refractivity contribution in [3.63, 3.8) is 0 Å². The molecule has 1 saturated heterocycles. The summed E-state index contributed by atoms with van der Waals surface area (Å²) in [5.74, 6) is 0.784. The van der Waals surface area contributed by atoms with Gasteiger partial charge in [0.05, 0.1) is 28.2 Å². The first kappa shape index (κ1) is 23.1. The Morgan fingerprint density at radius 3 is 2.54 bits per heavy atom. The Balaban J connectivity index is 0.00000163. The first-order valence-corrected chi connectivity index (χ1v) is 10.8. The van der Waals surface area contributed by atoms with Crippen LogP contribution in [0.5, 0.6) is 5.75 Å². The molecule has 1 aromatic carbocycles. The van der Waals surface area contributed by atoms with Crippen molar-refractivity contribution in [3.05, 3.63) is 24.3 Å². The Bertz CT molecular complexity index is 532. The third-order valence-corrected chi connectivity index (χ3v) is 6.08. The van der Waals surface area contributed by atoms with Gasteiger partial charge in [-0.3, -0.25) is 4.21 Å². The summed E-state index contributed by atoms with van der Waals surface area (Å²) in [6.07, 6.45) is 1.18. The summed E-state index contributed by atoms with van der Waals surface area (Å²) in [6, 6.07) is 7.69. The van der Waals surface area contributed by atoms with Gasteiger partial charge in [-0.25, -0.2) is 0 Å². The van der Waals surface area contributed by atoms with E-state index in [1.54, 1.807) is 13.8 Å². The molecule has 2 unspecified atom stereocenters. The number of benzene rings is 1. The van der Waals surface area contributed by atoms with Crippen LogP contribution in [0, 0.1) is 0 Å². The first-order chi connectivity index (χ1) is 12.5. The van der Waals surface area contributed by atoms with Crippen LogP contribution in [0.15, 0.2) is 29.2 Å². The molecule has 0 radical (unpaired) electrons. The van der Waals surface area contributed by atoms with Crippen molar-refractivity contribution in [3.8, 4) is 5.75 Å². The lowest BCUT2D eigenvalue weighted by Crippen LogP contribution is -2.53. The molecule has 6 heteroatoms. The topological polar surface area (TPSA) is 61.8 Å². The molecular weight excluding hydrogens is 348 g/mol. The molecule has 1 aromatic rings. The van der Waals surface area contributed by atoms with Crippen LogP contribution in [0.4, 0.5) is 0 Å². The largest absolute Gasteiger partial charge is 0.492 e. The number of hydrogen-bond acceptors (Lipinski definition) is 5. The fraction of sp³-hybridized carbons (Fsp3) is 0.700. The smallest absolute Gasteiger partial charge is 0.119 e. The van der Waals surface area contributed by atoms with Gasteiger partial charge in [0.1, 0.15) is 12.4 Å². The van der Waals surface area contributed by atoms with Crippen molar-refractivity contribution < 1.29 is 14.1 Å². The van der Waals surface area contributed by atoms with Crippen LogP contribution in [0.3, 0.4) is 0 Å². The molecular formula is C20H36N2O3S. The van der Waals surface area contributed by atoms with E-state index in [4.69, 9.17) is 4.74 Å². The van der Waals surface area contributed by atoms with E-state index in [0.717, 1.165) is 31.9 Å². The molecule has 0 saturated carbocycles. The number of nitrogens with zero attached hydrogens (tertiary/aromatic N) is 1. The van der Waals surface area contributed by atoms with Crippen LogP contribution in [-0.4, -0.2) is 64.4 Å². The summed E-state index contributed by atoms with van der Waals surface area (Å²) in [5.41, 5.74) is 0. The van der Waals surface area contributed by atoms with E-state index in [9.17, 15) is 9.32 Å². The fourth-order valence-corrected chi connectivity index (χ4v) is 3.90.